The van der Waals surface area contributed by atoms with E-state index in [0.29, 0.717) is 34.7 Å². The number of benzene rings is 4. The SMILES string of the molecule is COc1ccc(/C(C)=N/NC(=O)c2ccc(CN3C(=O)c4cccc5cccc3c45)cc2)c(O)c1. The summed E-state index contributed by atoms with van der Waals surface area (Å²) in [7, 11) is 1.52. The van der Waals surface area contributed by atoms with Gasteiger partial charge in [-0.25, -0.2) is 5.43 Å². The molecule has 0 spiro atoms. The molecule has 1 aliphatic heterocycles. The highest BCUT2D eigenvalue weighted by atomic mass is 16.5. The number of phenolic OH excluding ortho intramolecular Hbond substituents is 1. The smallest absolute Gasteiger partial charge is 0.271 e. The Labute approximate surface area is 202 Å². The topological polar surface area (TPSA) is 91.2 Å². The molecule has 2 N–H and O–H groups in total. The van der Waals surface area contributed by atoms with Crippen molar-refractivity contribution in [1.82, 2.24) is 5.43 Å². The molecule has 4 aromatic carbocycles. The van der Waals surface area contributed by atoms with Crippen LogP contribution in [0, 0.1) is 0 Å². The second-order valence-electron chi connectivity index (χ2n) is 8.29. The van der Waals surface area contributed by atoms with Gasteiger partial charge in [-0.2, -0.15) is 5.10 Å². The Morgan fingerprint density at radius 2 is 1.77 bits per heavy atom. The molecule has 5 rings (SSSR count). The van der Waals surface area contributed by atoms with Gasteiger partial charge in [-0.3, -0.25) is 9.59 Å². The Hall–Kier alpha value is -4.65. The van der Waals surface area contributed by atoms with Gasteiger partial charge < -0.3 is 14.7 Å². The number of nitrogens with one attached hydrogen (secondary N) is 1. The third-order valence-electron chi connectivity index (χ3n) is 6.13. The summed E-state index contributed by atoms with van der Waals surface area (Å²) in [6, 6.07) is 23.6. The van der Waals surface area contributed by atoms with Crippen LogP contribution in [0.15, 0.2) is 84.0 Å². The quantitative estimate of drug-likeness (QED) is 0.314. The molecule has 0 saturated carbocycles. The zero-order chi connectivity index (χ0) is 24.5. The number of anilines is 1. The summed E-state index contributed by atoms with van der Waals surface area (Å²) >= 11 is 0. The van der Waals surface area contributed by atoms with Gasteiger partial charge in [0.1, 0.15) is 11.5 Å². The lowest BCUT2D eigenvalue weighted by Crippen LogP contribution is -2.26. The van der Waals surface area contributed by atoms with Crippen LogP contribution in [0.1, 0.15) is 38.8 Å². The minimum absolute atomic E-state index is 0.0125. The summed E-state index contributed by atoms with van der Waals surface area (Å²) in [5, 5.41) is 16.3. The monoisotopic (exact) mass is 465 g/mol. The zero-order valence-electron chi connectivity index (χ0n) is 19.3. The lowest BCUT2D eigenvalue weighted by Gasteiger charge is -2.18. The highest BCUT2D eigenvalue weighted by Crippen LogP contribution is 2.38. The number of hydrogen-bond acceptors (Lipinski definition) is 5. The van der Waals surface area contributed by atoms with E-state index in [1.165, 1.54) is 13.2 Å². The largest absolute Gasteiger partial charge is 0.507 e. The number of carbonyl (C=O) groups excluding carboxylic acids is 2. The summed E-state index contributed by atoms with van der Waals surface area (Å²) < 4.78 is 5.08. The van der Waals surface area contributed by atoms with E-state index in [2.05, 4.69) is 10.5 Å². The summed E-state index contributed by atoms with van der Waals surface area (Å²) in [4.78, 5) is 27.4. The highest BCUT2D eigenvalue weighted by Gasteiger charge is 2.29. The van der Waals surface area contributed by atoms with E-state index in [4.69, 9.17) is 4.74 Å². The molecule has 4 aromatic rings. The first kappa shape index (κ1) is 22.2. The number of hydrogen-bond donors (Lipinski definition) is 2. The van der Waals surface area contributed by atoms with Gasteiger partial charge in [-0.05, 0) is 54.3 Å². The Kier molecular flexibility index (Phi) is 5.66. The average Bonchev–Trinajstić information content (AvgIpc) is 3.15. The van der Waals surface area contributed by atoms with Gasteiger partial charge in [0.15, 0.2) is 0 Å². The van der Waals surface area contributed by atoms with Crippen molar-refractivity contribution >= 4 is 34.0 Å². The standard InChI is InChI=1S/C28H23N3O4/c1-17(22-14-13-21(35-2)15-25(22)32)29-30-27(33)20-11-9-18(10-12-20)16-31-24-8-4-6-19-5-3-7-23(26(19)24)28(31)34/h3-15,32H,16H2,1-2H3,(H,30,33)/b29-17+. The molecule has 0 fully saturated rings. The van der Waals surface area contributed by atoms with Crippen LogP contribution in [0.3, 0.4) is 0 Å². The fourth-order valence-electron chi connectivity index (χ4n) is 4.28. The summed E-state index contributed by atoms with van der Waals surface area (Å²) in [6.07, 6.45) is 0. The van der Waals surface area contributed by atoms with Crippen LogP contribution in [-0.2, 0) is 6.54 Å². The molecule has 174 valence electrons. The zero-order valence-corrected chi connectivity index (χ0v) is 19.3. The molecule has 0 saturated heterocycles. The second-order valence-corrected chi connectivity index (χ2v) is 8.29. The van der Waals surface area contributed by atoms with Gasteiger partial charge in [0.25, 0.3) is 11.8 Å². The molecule has 7 nitrogen and oxygen atoms in total. The number of rotatable bonds is 6. The number of aromatic hydroxyl groups is 1. The molecule has 0 aromatic heterocycles. The maximum absolute atomic E-state index is 13.0. The van der Waals surface area contributed by atoms with E-state index in [9.17, 15) is 14.7 Å². The Morgan fingerprint density at radius 3 is 2.49 bits per heavy atom. The molecule has 0 unspecified atom stereocenters. The lowest BCUT2D eigenvalue weighted by molar-refractivity contribution is 0.0953. The van der Waals surface area contributed by atoms with Crippen molar-refractivity contribution in [1.29, 1.82) is 0 Å². The van der Waals surface area contributed by atoms with Crippen molar-refractivity contribution < 1.29 is 19.4 Å². The number of amides is 2. The van der Waals surface area contributed by atoms with E-state index in [1.807, 2.05) is 48.5 Å². The molecule has 35 heavy (non-hydrogen) atoms. The fraction of sp³-hybridized carbons (Fsp3) is 0.107. The third kappa shape index (κ3) is 4.08. The summed E-state index contributed by atoms with van der Waals surface area (Å²) in [5.74, 6) is 0.140. The number of methoxy groups -OCH3 is 1. The summed E-state index contributed by atoms with van der Waals surface area (Å²) in [6.45, 7) is 2.10. The van der Waals surface area contributed by atoms with Crippen molar-refractivity contribution in [2.24, 2.45) is 5.10 Å². The molecular formula is C28H23N3O4. The van der Waals surface area contributed by atoms with Gasteiger partial charge in [0.2, 0.25) is 0 Å². The number of carbonyl (C=O) groups is 2. The molecule has 0 aliphatic carbocycles. The number of ether oxygens (including phenoxy) is 1. The Morgan fingerprint density at radius 1 is 1.03 bits per heavy atom. The van der Waals surface area contributed by atoms with E-state index in [0.717, 1.165) is 22.0 Å². The van der Waals surface area contributed by atoms with Crippen LogP contribution in [0.25, 0.3) is 10.8 Å². The molecule has 1 aliphatic rings. The maximum atomic E-state index is 13.0. The van der Waals surface area contributed by atoms with Crippen LogP contribution in [-0.4, -0.2) is 29.7 Å². The van der Waals surface area contributed by atoms with Crippen LogP contribution in [0.2, 0.25) is 0 Å². The highest BCUT2D eigenvalue weighted by molar-refractivity contribution is 6.24. The number of phenols is 1. The predicted octanol–water partition coefficient (Wildman–Crippen LogP) is 4.87. The van der Waals surface area contributed by atoms with Crippen LogP contribution >= 0.6 is 0 Å². The number of hydrazone groups is 1. The van der Waals surface area contributed by atoms with Crippen LogP contribution < -0.4 is 15.1 Å². The minimum Gasteiger partial charge on any atom is -0.507 e. The van der Waals surface area contributed by atoms with Crippen molar-refractivity contribution in [3.8, 4) is 11.5 Å². The minimum atomic E-state index is -0.377. The van der Waals surface area contributed by atoms with Gasteiger partial charge >= 0.3 is 0 Å². The van der Waals surface area contributed by atoms with Crippen molar-refractivity contribution in [2.45, 2.75) is 13.5 Å². The molecule has 7 heteroatoms. The first-order valence-electron chi connectivity index (χ1n) is 11.1. The van der Waals surface area contributed by atoms with Crippen molar-refractivity contribution in [3.05, 3.63) is 101 Å². The fourth-order valence-corrected chi connectivity index (χ4v) is 4.28. The van der Waals surface area contributed by atoms with Gasteiger partial charge in [0.05, 0.1) is 25.1 Å². The van der Waals surface area contributed by atoms with E-state index in [1.54, 1.807) is 36.1 Å². The molecule has 2 amide bonds. The van der Waals surface area contributed by atoms with Gasteiger partial charge in [-0.15, -0.1) is 0 Å². The van der Waals surface area contributed by atoms with Gasteiger partial charge in [0, 0.05) is 28.1 Å². The van der Waals surface area contributed by atoms with Crippen LogP contribution in [0.4, 0.5) is 5.69 Å². The average molecular weight is 466 g/mol. The summed E-state index contributed by atoms with van der Waals surface area (Å²) in [5.41, 5.74) is 6.42. The molecular weight excluding hydrogens is 442 g/mol. The van der Waals surface area contributed by atoms with Crippen molar-refractivity contribution in [3.63, 3.8) is 0 Å². The Bertz CT molecular complexity index is 1490. The molecule has 0 radical (unpaired) electrons. The molecule has 0 atom stereocenters. The normalized spacial score (nSPS) is 12.8. The first-order valence-corrected chi connectivity index (χ1v) is 11.1. The second kappa shape index (κ2) is 8.95. The third-order valence-corrected chi connectivity index (χ3v) is 6.13. The van der Waals surface area contributed by atoms with Crippen LogP contribution in [0.5, 0.6) is 11.5 Å². The maximum Gasteiger partial charge on any atom is 0.271 e. The molecule has 1 heterocycles. The Balaban J connectivity index is 1.28. The van der Waals surface area contributed by atoms with E-state index in [-0.39, 0.29) is 17.6 Å². The first-order chi connectivity index (χ1) is 17.0. The van der Waals surface area contributed by atoms with Crippen molar-refractivity contribution in [2.75, 3.05) is 12.0 Å². The number of nitrogens with zero attached hydrogens (tertiary/aromatic N) is 2. The van der Waals surface area contributed by atoms with Gasteiger partial charge in [-0.1, -0.05) is 36.4 Å². The lowest BCUT2D eigenvalue weighted by atomic mass is 10.1. The predicted molar refractivity (Wildman–Crippen MR) is 135 cm³/mol. The molecule has 0 bridgehead atoms. The van der Waals surface area contributed by atoms with E-state index < -0.39 is 0 Å². The van der Waals surface area contributed by atoms with E-state index >= 15 is 0 Å².